The molecule has 1 fully saturated rings. The number of carbonyl (C=O) groups excluding carboxylic acids is 1. The van der Waals surface area contributed by atoms with Gasteiger partial charge in [-0.3, -0.25) is 9.89 Å². The van der Waals surface area contributed by atoms with Gasteiger partial charge >= 0.3 is 0 Å². The molecule has 1 heterocycles. The second kappa shape index (κ2) is 5.52. The van der Waals surface area contributed by atoms with Crippen molar-refractivity contribution < 1.29 is 4.79 Å². The lowest BCUT2D eigenvalue weighted by Crippen LogP contribution is -2.47. The standard InChI is InChI=1S/C13H22N4O/c1-10(11-7-15-16-8-11)17-12(18)13(9-14)5-3-2-4-6-13/h7-8,10H,2-6,9,14H2,1H3,(H,15,16)(H,17,18). The van der Waals surface area contributed by atoms with Gasteiger partial charge < -0.3 is 11.1 Å². The number of aromatic amines is 1. The first-order valence-electron chi connectivity index (χ1n) is 6.68. The Balaban J connectivity index is 2.01. The number of hydrogen-bond acceptors (Lipinski definition) is 3. The zero-order valence-corrected chi connectivity index (χ0v) is 10.9. The van der Waals surface area contributed by atoms with Crippen LogP contribution in [0, 0.1) is 5.41 Å². The highest BCUT2D eigenvalue weighted by Gasteiger charge is 2.38. The maximum atomic E-state index is 12.4. The summed E-state index contributed by atoms with van der Waals surface area (Å²) < 4.78 is 0. The highest BCUT2D eigenvalue weighted by Crippen LogP contribution is 2.36. The summed E-state index contributed by atoms with van der Waals surface area (Å²) in [7, 11) is 0. The van der Waals surface area contributed by atoms with Crippen LogP contribution < -0.4 is 11.1 Å². The van der Waals surface area contributed by atoms with E-state index in [1.807, 2.05) is 6.92 Å². The van der Waals surface area contributed by atoms with Gasteiger partial charge in [0.25, 0.3) is 0 Å². The molecule has 0 radical (unpaired) electrons. The van der Waals surface area contributed by atoms with Crippen LogP contribution in [0.15, 0.2) is 12.4 Å². The third-order valence-electron chi connectivity index (χ3n) is 4.05. The summed E-state index contributed by atoms with van der Waals surface area (Å²) in [5.74, 6) is 0.0957. The quantitative estimate of drug-likeness (QED) is 0.757. The number of nitrogens with two attached hydrogens (primary N) is 1. The number of nitrogens with zero attached hydrogens (tertiary/aromatic N) is 1. The number of carbonyl (C=O) groups is 1. The number of nitrogens with one attached hydrogen (secondary N) is 2. The molecule has 5 nitrogen and oxygen atoms in total. The molecule has 5 heteroatoms. The highest BCUT2D eigenvalue weighted by atomic mass is 16.2. The van der Waals surface area contributed by atoms with E-state index in [9.17, 15) is 4.79 Å². The summed E-state index contributed by atoms with van der Waals surface area (Å²) in [6, 6.07) is -0.0263. The van der Waals surface area contributed by atoms with Gasteiger partial charge in [0, 0.05) is 18.3 Å². The van der Waals surface area contributed by atoms with Crippen molar-refractivity contribution in [3.05, 3.63) is 18.0 Å². The first-order valence-corrected chi connectivity index (χ1v) is 6.68. The van der Waals surface area contributed by atoms with Crippen molar-refractivity contribution in [3.8, 4) is 0 Å². The molecule has 0 saturated heterocycles. The smallest absolute Gasteiger partial charge is 0.227 e. The van der Waals surface area contributed by atoms with E-state index in [-0.39, 0.29) is 17.4 Å². The van der Waals surface area contributed by atoms with Gasteiger partial charge in [0.2, 0.25) is 5.91 Å². The molecule has 2 rings (SSSR count). The molecule has 1 atom stereocenters. The molecule has 1 amide bonds. The Morgan fingerprint density at radius 1 is 1.56 bits per heavy atom. The summed E-state index contributed by atoms with van der Waals surface area (Å²) in [6.07, 6.45) is 8.78. The van der Waals surface area contributed by atoms with Crippen molar-refractivity contribution in [3.63, 3.8) is 0 Å². The van der Waals surface area contributed by atoms with E-state index in [4.69, 9.17) is 5.73 Å². The van der Waals surface area contributed by atoms with Crippen molar-refractivity contribution in [1.29, 1.82) is 0 Å². The molecule has 1 aliphatic carbocycles. The molecule has 0 spiro atoms. The first-order chi connectivity index (χ1) is 8.68. The van der Waals surface area contributed by atoms with Gasteiger partial charge in [-0.15, -0.1) is 0 Å². The number of H-pyrrole nitrogens is 1. The van der Waals surface area contributed by atoms with Crippen molar-refractivity contribution in [1.82, 2.24) is 15.5 Å². The zero-order chi connectivity index (χ0) is 13.0. The summed E-state index contributed by atoms with van der Waals surface area (Å²) in [6.45, 7) is 2.41. The van der Waals surface area contributed by atoms with Gasteiger partial charge in [0.15, 0.2) is 0 Å². The van der Waals surface area contributed by atoms with Crippen LogP contribution >= 0.6 is 0 Å². The monoisotopic (exact) mass is 250 g/mol. The normalized spacial score (nSPS) is 20.3. The van der Waals surface area contributed by atoms with Crippen LogP contribution in [0.2, 0.25) is 0 Å². The molecule has 100 valence electrons. The lowest BCUT2D eigenvalue weighted by molar-refractivity contribution is -0.133. The van der Waals surface area contributed by atoms with Gasteiger partial charge in [-0.05, 0) is 19.8 Å². The van der Waals surface area contributed by atoms with E-state index in [1.54, 1.807) is 12.4 Å². The van der Waals surface area contributed by atoms with Crippen LogP contribution in [-0.2, 0) is 4.79 Å². The second-order valence-corrected chi connectivity index (χ2v) is 5.27. The molecule has 1 aliphatic rings. The fourth-order valence-electron chi connectivity index (χ4n) is 2.68. The molecule has 0 aliphatic heterocycles. The van der Waals surface area contributed by atoms with E-state index in [0.29, 0.717) is 6.54 Å². The molecule has 4 N–H and O–H groups in total. The zero-order valence-electron chi connectivity index (χ0n) is 10.9. The Hall–Kier alpha value is -1.36. The predicted octanol–water partition coefficient (Wildman–Crippen LogP) is 1.50. The molecule has 1 aromatic rings. The molecule has 18 heavy (non-hydrogen) atoms. The summed E-state index contributed by atoms with van der Waals surface area (Å²) in [4.78, 5) is 12.4. The Bertz CT molecular complexity index is 382. The second-order valence-electron chi connectivity index (χ2n) is 5.27. The van der Waals surface area contributed by atoms with E-state index >= 15 is 0 Å². The molecule has 0 bridgehead atoms. The number of hydrogen-bond donors (Lipinski definition) is 3. The van der Waals surface area contributed by atoms with E-state index in [1.165, 1.54) is 6.42 Å². The minimum atomic E-state index is -0.351. The van der Waals surface area contributed by atoms with Crippen LogP contribution in [0.4, 0.5) is 0 Å². The maximum absolute atomic E-state index is 12.4. The van der Waals surface area contributed by atoms with E-state index < -0.39 is 0 Å². The van der Waals surface area contributed by atoms with Gasteiger partial charge in [-0.2, -0.15) is 5.10 Å². The summed E-state index contributed by atoms with van der Waals surface area (Å²) >= 11 is 0. The minimum Gasteiger partial charge on any atom is -0.349 e. The van der Waals surface area contributed by atoms with Crippen LogP contribution in [0.25, 0.3) is 0 Å². The van der Waals surface area contributed by atoms with Gasteiger partial charge in [0.05, 0.1) is 17.7 Å². The van der Waals surface area contributed by atoms with Gasteiger partial charge in [0.1, 0.15) is 0 Å². The minimum absolute atomic E-state index is 0.0263. The van der Waals surface area contributed by atoms with Crippen LogP contribution in [-0.4, -0.2) is 22.6 Å². The molecule has 1 aromatic heterocycles. The van der Waals surface area contributed by atoms with Gasteiger partial charge in [-0.25, -0.2) is 0 Å². The Labute approximate surface area is 108 Å². The third kappa shape index (κ3) is 2.56. The Morgan fingerprint density at radius 2 is 2.28 bits per heavy atom. The first kappa shape index (κ1) is 13.1. The molecule has 1 unspecified atom stereocenters. The Morgan fingerprint density at radius 3 is 2.83 bits per heavy atom. The van der Waals surface area contributed by atoms with E-state index in [0.717, 1.165) is 31.2 Å². The lowest BCUT2D eigenvalue weighted by Gasteiger charge is -2.35. The average Bonchev–Trinajstić information content (AvgIpc) is 2.93. The molecule has 0 aromatic carbocycles. The molecular formula is C13H22N4O. The number of aromatic nitrogens is 2. The van der Waals surface area contributed by atoms with Crippen LogP contribution in [0.5, 0.6) is 0 Å². The molecule has 1 saturated carbocycles. The summed E-state index contributed by atoms with van der Waals surface area (Å²) in [5.41, 5.74) is 6.50. The highest BCUT2D eigenvalue weighted by molar-refractivity contribution is 5.83. The lowest BCUT2D eigenvalue weighted by atomic mass is 9.73. The number of amides is 1. The fraction of sp³-hybridized carbons (Fsp3) is 0.692. The van der Waals surface area contributed by atoms with Crippen molar-refractivity contribution in [2.24, 2.45) is 11.1 Å². The van der Waals surface area contributed by atoms with Crippen molar-refractivity contribution >= 4 is 5.91 Å². The van der Waals surface area contributed by atoms with E-state index in [2.05, 4.69) is 15.5 Å². The number of rotatable bonds is 4. The predicted molar refractivity (Wildman–Crippen MR) is 69.7 cm³/mol. The average molecular weight is 250 g/mol. The molecular weight excluding hydrogens is 228 g/mol. The largest absolute Gasteiger partial charge is 0.349 e. The summed E-state index contributed by atoms with van der Waals surface area (Å²) in [5, 5.41) is 9.73. The Kier molecular flexibility index (Phi) is 4.01. The van der Waals surface area contributed by atoms with Crippen molar-refractivity contribution in [2.75, 3.05) is 6.54 Å². The van der Waals surface area contributed by atoms with Crippen LogP contribution in [0.1, 0.15) is 50.6 Å². The van der Waals surface area contributed by atoms with Crippen LogP contribution in [0.3, 0.4) is 0 Å². The topological polar surface area (TPSA) is 83.8 Å². The maximum Gasteiger partial charge on any atom is 0.227 e. The van der Waals surface area contributed by atoms with Gasteiger partial charge in [-0.1, -0.05) is 19.3 Å². The SMILES string of the molecule is CC(NC(=O)C1(CN)CCCCC1)c1cn[nH]c1. The van der Waals surface area contributed by atoms with Crippen molar-refractivity contribution in [2.45, 2.75) is 45.1 Å². The third-order valence-corrected chi connectivity index (χ3v) is 4.05. The fourth-order valence-corrected chi connectivity index (χ4v) is 2.68.